The summed E-state index contributed by atoms with van der Waals surface area (Å²) in [5.41, 5.74) is 1.94. The zero-order valence-electron chi connectivity index (χ0n) is 19.3. The van der Waals surface area contributed by atoms with Gasteiger partial charge in [-0.1, -0.05) is 37.8 Å². The van der Waals surface area contributed by atoms with Gasteiger partial charge in [-0.05, 0) is 29.8 Å². The van der Waals surface area contributed by atoms with Crippen LogP contribution in [0.1, 0.15) is 43.6 Å². The molecule has 0 amide bonds. The second-order valence-electron chi connectivity index (χ2n) is 8.62. The van der Waals surface area contributed by atoms with Crippen LogP contribution in [0, 0.1) is 17.7 Å². The fourth-order valence-corrected chi connectivity index (χ4v) is 3.96. The lowest BCUT2D eigenvalue weighted by molar-refractivity contribution is -0.0751. The number of nitrogens with zero attached hydrogens (tertiary/aromatic N) is 2. The Hall–Kier alpha value is -3.18. The van der Waals surface area contributed by atoms with Gasteiger partial charge in [0.05, 0.1) is 19.8 Å². The maximum Gasteiger partial charge on any atom is 0.134 e. The fourth-order valence-electron chi connectivity index (χ4n) is 3.96. The molecule has 2 N–H and O–H groups in total. The normalized spacial score (nSPS) is 18.9. The van der Waals surface area contributed by atoms with Crippen molar-refractivity contribution in [2.75, 3.05) is 19.8 Å². The van der Waals surface area contributed by atoms with Crippen LogP contribution in [0.3, 0.4) is 0 Å². The van der Waals surface area contributed by atoms with Gasteiger partial charge in [0.25, 0.3) is 0 Å². The molecule has 0 spiro atoms. The number of hydrogen-bond donors (Lipinski definition) is 2. The molecule has 3 atom stereocenters. The SMILES string of the molecule is CC(C)c1nccn1C(C#Cc1ccc(-c2ccc(O[C@H]3CCOC[C@@H]3O)cc2F)cc1)CO. The van der Waals surface area contributed by atoms with E-state index in [0.29, 0.717) is 24.3 Å². The third-order valence-electron chi connectivity index (χ3n) is 5.80. The molecule has 4 rings (SSSR count). The third kappa shape index (κ3) is 5.48. The summed E-state index contributed by atoms with van der Waals surface area (Å²) in [5.74, 6) is 7.27. The Morgan fingerprint density at radius 3 is 2.71 bits per heavy atom. The predicted molar refractivity (Wildman–Crippen MR) is 127 cm³/mol. The van der Waals surface area contributed by atoms with E-state index in [2.05, 4.69) is 16.8 Å². The van der Waals surface area contributed by atoms with Gasteiger partial charge in [0.15, 0.2) is 0 Å². The van der Waals surface area contributed by atoms with Gasteiger partial charge in [-0.2, -0.15) is 0 Å². The van der Waals surface area contributed by atoms with Gasteiger partial charge < -0.3 is 24.3 Å². The number of rotatable bonds is 6. The minimum absolute atomic E-state index is 0.119. The van der Waals surface area contributed by atoms with Crippen molar-refractivity contribution >= 4 is 0 Å². The summed E-state index contributed by atoms with van der Waals surface area (Å²) in [7, 11) is 0. The molecule has 0 bridgehead atoms. The lowest BCUT2D eigenvalue weighted by atomic mass is 10.0. The lowest BCUT2D eigenvalue weighted by Gasteiger charge is -2.28. The van der Waals surface area contributed by atoms with E-state index in [4.69, 9.17) is 9.47 Å². The van der Waals surface area contributed by atoms with Crippen LogP contribution in [0.2, 0.25) is 0 Å². The number of halogens is 1. The number of ether oxygens (including phenoxy) is 2. The predicted octanol–water partition coefficient (Wildman–Crippen LogP) is 3.93. The molecule has 1 aromatic heterocycles. The zero-order chi connectivity index (χ0) is 24.1. The van der Waals surface area contributed by atoms with E-state index in [0.717, 1.165) is 17.0 Å². The molecule has 7 heteroatoms. The molecule has 1 aliphatic rings. The highest BCUT2D eigenvalue weighted by atomic mass is 19.1. The van der Waals surface area contributed by atoms with Crippen LogP contribution >= 0.6 is 0 Å². The van der Waals surface area contributed by atoms with Crippen molar-refractivity contribution in [3.63, 3.8) is 0 Å². The number of benzene rings is 2. The molecule has 34 heavy (non-hydrogen) atoms. The standard InChI is InChI=1S/C27H29FN2O4/c1-18(2)27-29-12-13-30(27)21(16-31)8-5-19-3-6-20(7-4-19)23-10-9-22(15-24(23)28)34-26-11-14-33-17-25(26)32/h3-4,6-7,9-10,12-13,15,18,21,25-26,31-32H,11,14,16-17H2,1-2H3/t21?,25-,26-/m0/s1. The van der Waals surface area contributed by atoms with Gasteiger partial charge in [0.2, 0.25) is 0 Å². The molecular formula is C27H29FN2O4. The molecule has 0 radical (unpaired) electrons. The minimum atomic E-state index is -0.721. The van der Waals surface area contributed by atoms with Crippen molar-refractivity contribution < 1.29 is 24.1 Å². The van der Waals surface area contributed by atoms with Gasteiger partial charge in [0, 0.05) is 41.9 Å². The van der Waals surface area contributed by atoms with Crippen LogP contribution in [0.15, 0.2) is 54.9 Å². The van der Waals surface area contributed by atoms with Gasteiger partial charge >= 0.3 is 0 Å². The molecule has 1 aliphatic heterocycles. The highest BCUT2D eigenvalue weighted by Crippen LogP contribution is 2.28. The van der Waals surface area contributed by atoms with Crippen molar-refractivity contribution in [3.05, 3.63) is 72.1 Å². The fraction of sp³-hybridized carbons (Fsp3) is 0.370. The van der Waals surface area contributed by atoms with Gasteiger partial charge in [0.1, 0.15) is 35.6 Å². The molecule has 6 nitrogen and oxygen atoms in total. The summed E-state index contributed by atoms with van der Waals surface area (Å²) in [6.07, 6.45) is 2.97. The van der Waals surface area contributed by atoms with E-state index in [-0.39, 0.29) is 25.2 Å². The van der Waals surface area contributed by atoms with Gasteiger partial charge in [-0.3, -0.25) is 0 Å². The molecule has 2 heterocycles. The Morgan fingerprint density at radius 2 is 2.03 bits per heavy atom. The average Bonchev–Trinajstić information content (AvgIpc) is 3.32. The molecule has 0 saturated carbocycles. The second-order valence-corrected chi connectivity index (χ2v) is 8.62. The Labute approximate surface area is 199 Å². The first-order chi connectivity index (χ1) is 16.5. The maximum atomic E-state index is 14.8. The smallest absolute Gasteiger partial charge is 0.134 e. The lowest BCUT2D eigenvalue weighted by Crippen LogP contribution is -2.40. The summed E-state index contributed by atoms with van der Waals surface area (Å²) in [4.78, 5) is 4.36. The molecule has 1 unspecified atom stereocenters. The van der Waals surface area contributed by atoms with Crippen molar-refractivity contribution in [2.24, 2.45) is 0 Å². The van der Waals surface area contributed by atoms with Crippen LogP contribution in [-0.4, -0.2) is 51.8 Å². The molecule has 3 aromatic rings. The van der Waals surface area contributed by atoms with E-state index >= 15 is 0 Å². The van der Waals surface area contributed by atoms with E-state index in [1.54, 1.807) is 18.3 Å². The van der Waals surface area contributed by atoms with Gasteiger partial charge in [-0.15, -0.1) is 0 Å². The largest absolute Gasteiger partial charge is 0.487 e. The Morgan fingerprint density at radius 1 is 1.24 bits per heavy atom. The summed E-state index contributed by atoms with van der Waals surface area (Å²) < 4.78 is 27.7. The molecule has 1 saturated heterocycles. The number of aliphatic hydroxyl groups excluding tert-OH is 2. The summed E-state index contributed by atoms with van der Waals surface area (Å²) in [5, 5.41) is 19.8. The first kappa shape index (κ1) is 24.0. The average molecular weight is 465 g/mol. The third-order valence-corrected chi connectivity index (χ3v) is 5.80. The summed E-state index contributed by atoms with van der Waals surface area (Å²) >= 11 is 0. The summed E-state index contributed by atoms with van der Waals surface area (Å²) in [6, 6.07) is 11.6. The van der Waals surface area contributed by atoms with Crippen molar-refractivity contribution in [3.8, 4) is 28.7 Å². The number of aromatic nitrogens is 2. The quantitative estimate of drug-likeness (QED) is 0.541. The van der Waals surface area contributed by atoms with Gasteiger partial charge in [-0.25, -0.2) is 9.37 Å². The van der Waals surface area contributed by atoms with Crippen LogP contribution in [-0.2, 0) is 4.74 Å². The first-order valence-electron chi connectivity index (χ1n) is 11.4. The van der Waals surface area contributed by atoms with E-state index in [1.807, 2.05) is 48.9 Å². The minimum Gasteiger partial charge on any atom is -0.487 e. The van der Waals surface area contributed by atoms with Crippen LogP contribution in [0.5, 0.6) is 5.75 Å². The van der Waals surface area contributed by atoms with Crippen LogP contribution in [0.4, 0.5) is 4.39 Å². The van der Waals surface area contributed by atoms with Crippen molar-refractivity contribution in [2.45, 2.75) is 44.4 Å². The molecular weight excluding hydrogens is 435 g/mol. The van der Waals surface area contributed by atoms with Crippen molar-refractivity contribution in [1.29, 1.82) is 0 Å². The molecule has 2 aromatic carbocycles. The molecule has 1 fully saturated rings. The van der Waals surface area contributed by atoms with Crippen molar-refractivity contribution in [1.82, 2.24) is 9.55 Å². The summed E-state index contributed by atoms with van der Waals surface area (Å²) in [6.45, 7) is 4.71. The monoisotopic (exact) mass is 464 g/mol. The first-order valence-corrected chi connectivity index (χ1v) is 11.4. The zero-order valence-corrected chi connectivity index (χ0v) is 19.3. The Balaban J connectivity index is 1.47. The highest BCUT2D eigenvalue weighted by molar-refractivity contribution is 5.66. The van der Waals surface area contributed by atoms with E-state index < -0.39 is 18.0 Å². The topological polar surface area (TPSA) is 76.7 Å². The van der Waals surface area contributed by atoms with E-state index in [1.165, 1.54) is 6.07 Å². The second kappa shape index (κ2) is 10.8. The van der Waals surface area contributed by atoms with Crippen LogP contribution in [0.25, 0.3) is 11.1 Å². The Kier molecular flexibility index (Phi) is 7.63. The van der Waals surface area contributed by atoms with Crippen LogP contribution < -0.4 is 4.74 Å². The number of hydrogen-bond acceptors (Lipinski definition) is 5. The molecule has 178 valence electrons. The van der Waals surface area contributed by atoms with E-state index in [9.17, 15) is 14.6 Å². The molecule has 0 aliphatic carbocycles. The number of aliphatic hydroxyl groups is 2. The maximum absolute atomic E-state index is 14.8. The Bertz CT molecular complexity index is 1160. The number of imidazole rings is 1. The highest BCUT2D eigenvalue weighted by Gasteiger charge is 2.25.